The van der Waals surface area contributed by atoms with E-state index in [0.29, 0.717) is 27.0 Å². The lowest BCUT2D eigenvalue weighted by Crippen LogP contribution is -2.18. The highest BCUT2D eigenvalue weighted by Gasteiger charge is 2.19. The molecule has 0 atom stereocenters. The number of aromatic nitrogens is 1. The van der Waals surface area contributed by atoms with E-state index >= 15 is 0 Å². The van der Waals surface area contributed by atoms with Crippen LogP contribution in [0.1, 0.15) is 27.2 Å². The van der Waals surface area contributed by atoms with Crippen molar-refractivity contribution in [3.05, 3.63) is 82.0 Å². The molecule has 5 nitrogen and oxygen atoms in total. The lowest BCUT2D eigenvalue weighted by atomic mass is 10.1. The molecule has 0 fully saturated rings. The van der Waals surface area contributed by atoms with Gasteiger partial charge < -0.3 is 10.6 Å². The third-order valence-electron chi connectivity index (χ3n) is 4.30. The maximum atomic E-state index is 13.0. The molecule has 1 heterocycles. The standard InChI is InChI=1S/C23H22ClN3O2S/c1-14-7-6-8-17(11-14)26-22(29)21-15(2)12-16(3)25-23(21)30-13-20(28)27-19-10-5-4-9-18(19)24/h4-12H,13H2,1-3H3,(H,26,29)(H,27,28). The molecule has 154 valence electrons. The number of carbonyl (C=O) groups is 2. The number of hydrogen-bond donors (Lipinski definition) is 2. The van der Waals surface area contributed by atoms with E-state index in [1.165, 1.54) is 11.8 Å². The molecule has 0 unspecified atom stereocenters. The minimum atomic E-state index is -0.250. The smallest absolute Gasteiger partial charge is 0.258 e. The minimum absolute atomic E-state index is 0.103. The first kappa shape index (κ1) is 21.9. The first-order valence-corrected chi connectivity index (χ1v) is 10.7. The highest BCUT2D eigenvalue weighted by molar-refractivity contribution is 8.00. The number of carbonyl (C=O) groups excluding carboxylic acids is 2. The van der Waals surface area contributed by atoms with Crippen molar-refractivity contribution >= 4 is 46.6 Å². The molecule has 0 saturated carbocycles. The van der Waals surface area contributed by atoms with E-state index in [4.69, 9.17) is 11.6 Å². The summed E-state index contributed by atoms with van der Waals surface area (Å²) in [5.74, 6) is -0.370. The molecule has 0 aliphatic heterocycles. The number of anilines is 2. The number of nitrogens with zero attached hydrogens (tertiary/aromatic N) is 1. The van der Waals surface area contributed by atoms with Gasteiger partial charge in [0, 0.05) is 11.4 Å². The van der Waals surface area contributed by atoms with Crippen molar-refractivity contribution in [2.75, 3.05) is 16.4 Å². The van der Waals surface area contributed by atoms with Crippen LogP contribution in [-0.4, -0.2) is 22.6 Å². The number of hydrogen-bond acceptors (Lipinski definition) is 4. The number of nitrogens with one attached hydrogen (secondary N) is 2. The third kappa shape index (κ3) is 5.62. The fourth-order valence-corrected chi connectivity index (χ4v) is 4.11. The Morgan fingerprint density at radius 3 is 2.50 bits per heavy atom. The number of benzene rings is 2. The number of amides is 2. The summed E-state index contributed by atoms with van der Waals surface area (Å²) in [5.41, 5.74) is 4.38. The average molecular weight is 440 g/mol. The van der Waals surface area contributed by atoms with Crippen LogP contribution in [0.25, 0.3) is 0 Å². The van der Waals surface area contributed by atoms with Gasteiger partial charge in [0.1, 0.15) is 5.03 Å². The van der Waals surface area contributed by atoms with E-state index in [2.05, 4.69) is 15.6 Å². The quantitative estimate of drug-likeness (QED) is 0.487. The molecule has 3 aromatic rings. The molecule has 0 saturated heterocycles. The first-order valence-electron chi connectivity index (χ1n) is 9.37. The van der Waals surface area contributed by atoms with Gasteiger partial charge >= 0.3 is 0 Å². The number of rotatable bonds is 6. The van der Waals surface area contributed by atoms with Gasteiger partial charge in [-0.3, -0.25) is 9.59 Å². The Bertz CT molecular complexity index is 1100. The molecule has 2 amide bonds. The van der Waals surface area contributed by atoms with Crippen molar-refractivity contribution < 1.29 is 9.59 Å². The van der Waals surface area contributed by atoms with E-state index in [9.17, 15) is 9.59 Å². The summed E-state index contributed by atoms with van der Waals surface area (Å²) in [4.78, 5) is 29.9. The lowest BCUT2D eigenvalue weighted by molar-refractivity contribution is -0.113. The number of thioether (sulfide) groups is 1. The molecule has 30 heavy (non-hydrogen) atoms. The average Bonchev–Trinajstić information content (AvgIpc) is 2.67. The maximum absolute atomic E-state index is 13.0. The molecular formula is C23H22ClN3O2S. The van der Waals surface area contributed by atoms with Crippen LogP contribution >= 0.6 is 23.4 Å². The molecule has 0 aliphatic rings. The van der Waals surface area contributed by atoms with E-state index in [0.717, 1.165) is 16.8 Å². The molecule has 0 spiro atoms. The summed E-state index contributed by atoms with van der Waals surface area (Å²) in [6.45, 7) is 5.70. The Kier molecular flexibility index (Phi) is 7.13. The number of aryl methyl sites for hydroxylation is 3. The van der Waals surface area contributed by atoms with Gasteiger partial charge in [-0.05, 0) is 62.2 Å². The molecule has 3 rings (SSSR count). The first-order chi connectivity index (χ1) is 14.3. The summed E-state index contributed by atoms with van der Waals surface area (Å²) in [5, 5.41) is 6.70. The maximum Gasteiger partial charge on any atom is 0.258 e. The normalized spacial score (nSPS) is 10.5. The summed E-state index contributed by atoms with van der Waals surface area (Å²) in [6.07, 6.45) is 0. The summed E-state index contributed by atoms with van der Waals surface area (Å²) in [6, 6.07) is 16.5. The van der Waals surface area contributed by atoms with Crippen LogP contribution in [0.2, 0.25) is 5.02 Å². The SMILES string of the molecule is Cc1cccc(NC(=O)c2c(C)cc(C)nc2SCC(=O)Nc2ccccc2Cl)c1. The number of para-hydroxylation sites is 1. The van der Waals surface area contributed by atoms with E-state index in [1.54, 1.807) is 24.3 Å². The van der Waals surface area contributed by atoms with E-state index < -0.39 is 0 Å². The lowest BCUT2D eigenvalue weighted by Gasteiger charge is -2.13. The second kappa shape index (κ2) is 9.78. The van der Waals surface area contributed by atoms with Crippen LogP contribution < -0.4 is 10.6 Å². The summed E-state index contributed by atoms with van der Waals surface area (Å²) >= 11 is 7.32. The van der Waals surface area contributed by atoms with Crippen LogP contribution in [0.4, 0.5) is 11.4 Å². The molecule has 2 N–H and O–H groups in total. The number of pyridine rings is 1. The van der Waals surface area contributed by atoms with Crippen LogP contribution in [0, 0.1) is 20.8 Å². The van der Waals surface area contributed by atoms with Crippen LogP contribution in [-0.2, 0) is 4.79 Å². The summed E-state index contributed by atoms with van der Waals surface area (Å²) in [7, 11) is 0. The zero-order chi connectivity index (χ0) is 21.7. The Balaban J connectivity index is 1.76. The molecule has 1 aromatic heterocycles. The molecule has 0 aliphatic carbocycles. The molecule has 7 heteroatoms. The molecule has 2 aromatic carbocycles. The fraction of sp³-hybridized carbons (Fsp3) is 0.174. The topological polar surface area (TPSA) is 71.1 Å². The summed E-state index contributed by atoms with van der Waals surface area (Å²) < 4.78 is 0. The molecular weight excluding hydrogens is 418 g/mol. The molecule has 0 bridgehead atoms. The van der Waals surface area contributed by atoms with Crippen LogP contribution in [0.3, 0.4) is 0 Å². The van der Waals surface area contributed by atoms with Crippen molar-refractivity contribution in [1.82, 2.24) is 4.98 Å². The van der Waals surface area contributed by atoms with Crippen LogP contribution in [0.5, 0.6) is 0 Å². The zero-order valence-corrected chi connectivity index (χ0v) is 18.5. The Labute approximate surface area is 185 Å². The minimum Gasteiger partial charge on any atom is -0.324 e. The van der Waals surface area contributed by atoms with Gasteiger partial charge in [0.2, 0.25) is 5.91 Å². The highest BCUT2D eigenvalue weighted by atomic mass is 35.5. The van der Waals surface area contributed by atoms with Gasteiger partial charge in [-0.1, -0.05) is 47.6 Å². The van der Waals surface area contributed by atoms with Crippen molar-refractivity contribution in [3.63, 3.8) is 0 Å². The van der Waals surface area contributed by atoms with E-state index in [-0.39, 0.29) is 17.6 Å². The van der Waals surface area contributed by atoms with E-state index in [1.807, 2.05) is 51.1 Å². The molecule has 0 radical (unpaired) electrons. The van der Waals surface area contributed by atoms with Crippen molar-refractivity contribution in [1.29, 1.82) is 0 Å². The van der Waals surface area contributed by atoms with Crippen molar-refractivity contribution in [2.45, 2.75) is 25.8 Å². The largest absolute Gasteiger partial charge is 0.324 e. The van der Waals surface area contributed by atoms with Crippen molar-refractivity contribution in [3.8, 4) is 0 Å². The van der Waals surface area contributed by atoms with Gasteiger partial charge in [-0.2, -0.15) is 0 Å². The zero-order valence-electron chi connectivity index (χ0n) is 17.0. The van der Waals surface area contributed by atoms with Gasteiger partial charge in [-0.25, -0.2) is 4.98 Å². The predicted octanol–water partition coefficient (Wildman–Crippen LogP) is 5.64. The fourth-order valence-electron chi connectivity index (χ4n) is 2.98. The van der Waals surface area contributed by atoms with Gasteiger partial charge in [0.15, 0.2) is 0 Å². The van der Waals surface area contributed by atoms with Gasteiger partial charge in [0.25, 0.3) is 5.91 Å². The predicted molar refractivity (Wildman–Crippen MR) is 124 cm³/mol. The number of halogens is 1. The van der Waals surface area contributed by atoms with Gasteiger partial charge in [-0.15, -0.1) is 0 Å². The highest BCUT2D eigenvalue weighted by Crippen LogP contribution is 2.26. The Morgan fingerprint density at radius 2 is 1.77 bits per heavy atom. The third-order valence-corrected chi connectivity index (χ3v) is 5.61. The Morgan fingerprint density at radius 1 is 1.00 bits per heavy atom. The van der Waals surface area contributed by atoms with Gasteiger partial charge in [0.05, 0.1) is 22.0 Å². The second-order valence-electron chi connectivity index (χ2n) is 6.90. The second-order valence-corrected chi connectivity index (χ2v) is 8.27. The monoisotopic (exact) mass is 439 g/mol. The van der Waals surface area contributed by atoms with Crippen LogP contribution in [0.15, 0.2) is 59.6 Å². The van der Waals surface area contributed by atoms with Crippen molar-refractivity contribution in [2.24, 2.45) is 0 Å². The Hall–Kier alpha value is -2.83.